The van der Waals surface area contributed by atoms with Gasteiger partial charge in [-0.2, -0.15) is 0 Å². The Morgan fingerprint density at radius 3 is 2.50 bits per heavy atom. The number of ketones is 1. The Bertz CT molecular complexity index is 488. The van der Waals surface area contributed by atoms with Crippen LogP contribution in [0.5, 0.6) is 5.75 Å². The highest BCUT2D eigenvalue weighted by Crippen LogP contribution is 2.39. The van der Waals surface area contributed by atoms with Gasteiger partial charge in [-0.15, -0.1) is 0 Å². The topological polar surface area (TPSA) is 29.5 Å². The maximum Gasteiger partial charge on any atom is 0.140 e. The van der Waals surface area contributed by atoms with Gasteiger partial charge in [0, 0.05) is 0 Å². The first-order valence-corrected chi connectivity index (χ1v) is 7.40. The maximum absolute atomic E-state index is 12.4. The van der Waals surface area contributed by atoms with E-state index < -0.39 is 0 Å². The molecular formula is C17H25NO2. The number of rotatable bonds is 4. The van der Waals surface area contributed by atoms with Crippen LogP contribution in [-0.4, -0.2) is 37.9 Å². The first-order valence-electron chi connectivity index (χ1n) is 7.40. The highest BCUT2D eigenvalue weighted by Gasteiger charge is 2.41. The van der Waals surface area contributed by atoms with Gasteiger partial charge in [-0.25, -0.2) is 0 Å². The van der Waals surface area contributed by atoms with Crippen LogP contribution in [0.3, 0.4) is 0 Å². The number of ether oxygens (including phenoxy) is 1. The summed E-state index contributed by atoms with van der Waals surface area (Å²) in [6.07, 6.45) is 2.75. The molecule has 1 saturated heterocycles. The second kappa shape index (κ2) is 5.96. The number of piperidine rings is 1. The second-order valence-corrected chi connectivity index (χ2v) is 5.82. The lowest BCUT2D eigenvalue weighted by Crippen LogP contribution is -2.45. The summed E-state index contributed by atoms with van der Waals surface area (Å²) in [5.74, 6) is 1.13. The smallest absolute Gasteiger partial charge is 0.140 e. The van der Waals surface area contributed by atoms with Crippen molar-refractivity contribution < 1.29 is 9.53 Å². The summed E-state index contributed by atoms with van der Waals surface area (Å²) in [7, 11) is 3.80. The van der Waals surface area contributed by atoms with Crippen molar-refractivity contribution in [3.8, 4) is 5.75 Å². The predicted molar refractivity (Wildman–Crippen MR) is 81.5 cm³/mol. The molecule has 20 heavy (non-hydrogen) atoms. The number of nitrogens with zero attached hydrogens (tertiary/aromatic N) is 1. The zero-order valence-corrected chi connectivity index (χ0v) is 13.0. The Kier molecular flexibility index (Phi) is 4.48. The van der Waals surface area contributed by atoms with E-state index in [-0.39, 0.29) is 11.2 Å². The SMILES string of the molecule is CCc1ccc(OC)cc1C1(C(C)=O)CCN(C)CC1. The summed E-state index contributed by atoms with van der Waals surface area (Å²) in [4.78, 5) is 14.7. The highest BCUT2D eigenvalue weighted by atomic mass is 16.5. The van der Waals surface area contributed by atoms with Crippen LogP contribution < -0.4 is 4.74 Å². The molecule has 0 bridgehead atoms. The third kappa shape index (κ3) is 2.59. The van der Waals surface area contributed by atoms with E-state index in [9.17, 15) is 4.79 Å². The van der Waals surface area contributed by atoms with Gasteiger partial charge in [-0.1, -0.05) is 13.0 Å². The normalized spacial score (nSPS) is 18.8. The van der Waals surface area contributed by atoms with Gasteiger partial charge in [-0.05, 0) is 69.6 Å². The largest absolute Gasteiger partial charge is 0.497 e. The summed E-state index contributed by atoms with van der Waals surface area (Å²) >= 11 is 0. The van der Waals surface area contributed by atoms with Crippen LogP contribution in [0.4, 0.5) is 0 Å². The number of Topliss-reactive ketones (excluding diaryl/α,β-unsaturated/α-hetero) is 1. The fourth-order valence-corrected chi connectivity index (χ4v) is 3.25. The first kappa shape index (κ1) is 15.0. The number of carbonyl (C=O) groups excluding carboxylic acids is 1. The van der Waals surface area contributed by atoms with Crippen molar-refractivity contribution in [2.45, 2.75) is 38.5 Å². The lowest BCUT2D eigenvalue weighted by Gasteiger charge is -2.40. The van der Waals surface area contributed by atoms with Gasteiger partial charge in [0.25, 0.3) is 0 Å². The van der Waals surface area contributed by atoms with Crippen molar-refractivity contribution in [1.82, 2.24) is 4.90 Å². The van der Waals surface area contributed by atoms with Crippen molar-refractivity contribution >= 4 is 5.78 Å². The number of hydrogen-bond acceptors (Lipinski definition) is 3. The van der Waals surface area contributed by atoms with Crippen molar-refractivity contribution in [1.29, 1.82) is 0 Å². The van der Waals surface area contributed by atoms with Gasteiger partial charge >= 0.3 is 0 Å². The predicted octanol–water partition coefficient (Wildman–Crippen LogP) is 2.81. The van der Waals surface area contributed by atoms with E-state index in [1.807, 2.05) is 6.07 Å². The van der Waals surface area contributed by atoms with Crippen molar-refractivity contribution in [2.24, 2.45) is 0 Å². The third-order valence-corrected chi connectivity index (χ3v) is 4.73. The van der Waals surface area contributed by atoms with Crippen LogP contribution in [0, 0.1) is 0 Å². The number of carbonyl (C=O) groups is 1. The zero-order chi connectivity index (χ0) is 14.8. The number of methoxy groups -OCH3 is 1. The van der Waals surface area contributed by atoms with E-state index in [4.69, 9.17) is 4.74 Å². The minimum atomic E-state index is -0.327. The molecule has 0 aliphatic carbocycles. The van der Waals surface area contributed by atoms with Crippen LogP contribution in [0.15, 0.2) is 18.2 Å². The Morgan fingerprint density at radius 2 is 2.00 bits per heavy atom. The molecule has 1 aromatic carbocycles. The lowest BCUT2D eigenvalue weighted by molar-refractivity contribution is -0.124. The molecule has 1 aromatic rings. The molecule has 0 amide bonds. The average molecular weight is 275 g/mol. The Morgan fingerprint density at radius 1 is 1.35 bits per heavy atom. The van der Waals surface area contributed by atoms with Crippen LogP contribution in [-0.2, 0) is 16.6 Å². The molecule has 1 heterocycles. The molecule has 0 spiro atoms. The van der Waals surface area contributed by atoms with Crippen molar-refractivity contribution in [3.63, 3.8) is 0 Å². The second-order valence-electron chi connectivity index (χ2n) is 5.82. The molecular weight excluding hydrogens is 250 g/mol. The van der Waals surface area contributed by atoms with Gasteiger partial charge in [0.1, 0.15) is 11.5 Å². The fraction of sp³-hybridized carbons (Fsp3) is 0.588. The van der Waals surface area contributed by atoms with Gasteiger partial charge in [0.15, 0.2) is 0 Å². The van der Waals surface area contributed by atoms with Crippen LogP contribution >= 0.6 is 0 Å². The molecule has 2 rings (SSSR count). The van der Waals surface area contributed by atoms with Crippen LogP contribution in [0.1, 0.15) is 37.8 Å². The number of likely N-dealkylation sites (tertiary alicyclic amines) is 1. The van der Waals surface area contributed by atoms with Crippen LogP contribution in [0.2, 0.25) is 0 Å². The quantitative estimate of drug-likeness (QED) is 0.846. The number of benzene rings is 1. The fourth-order valence-electron chi connectivity index (χ4n) is 3.25. The molecule has 0 N–H and O–H groups in total. The molecule has 1 aliphatic heterocycles. The molecule has 3 nitrogen and oxygen atoms in total. The Hall–Kier alpha value is -1.35. The van der Waals surface area contributed by atoms with Gasteiger partial charge in [0.05, 0.1) is 12.5 Å². The summed E-state index contributed by atoms with van der Waals surface area (Å²) in [6.45, 7) is 5.83. The minimum absolute atomic E-state index is 0.286. The van der Waals surface area contributed by atoms with Crippen molar-refractivity contribution in [2.75, 3.05) is 27.2 Å². The van der Waals surface area contributed by atoms with E-state index in [1.54, 1.807) is 14.0 Å². The van der Waals surface area contributed by atoms with E-state index in [2.05, 4.69) is 31.0 Å². The Labute approximate surface area is 121 Å². The molecule has 1 aliphatic rings. The zero-order valence-electron chi connectivity index (χ0n) is 13.0. The molecule has 3 heteroatoms. The molecule has 0 radical (unpaired) electrons. The van der Waals surface area contributed by atoms with E-state index in [0.29, 0.717) is 0 Å². The molecule has 0 saturated carbocycles. The molecule has 110 valence electrons. The van der Waals surface area contributed by atoms with E-state index >= 15 is 0 Å². The molecule has 0 atom stereocenters. The standard InChI is InChI=1S/C17H25NO2/c1-5-14-6-7-15(20-4)12-16(14)17(13(2)19)8-10-18(3)11-9-17/h6-7,12H,5,8-11H2,1-4H3. The lowest BCUT2D eigenvalue weighted by atomic mass is 9.68. The number of hydrogen-bond donors (Lipinski definition) is 0. The van der Waals surface area contributed by atoms with Gasteiger partial charge < -0.3 is 9.64 Å². The Balaban J connectivity index is 2.51. The van der Waals surface area contributed by atoms with E-state index in [1.165, 1.54) is 11.1 Å². The summed E-state index contributed by atoms with van der Waals surface area (Å²) in [6, 6.07) is 6.17. The van der Waals surface area contributed by atoms with Crippen LogP contribution in [0.25, 0.3) is 0 Å². The minimum Gasteiger partial charge on any atom is -0.497 e. The monoisotopic (exact) mass is 275 g/mol. The third-order valence-electron chi connectivity index (χ3n) is 4.73. The molecule has 0 unspecified atom stereocenters. The summed E-state index contributed by atoms with van der Waals surface area (Å²) in [5.41, 5.74) is 2.12. The molecule has 0 aromatic heterocycles. The number of aryl methyl sites for hydroxylation is 1. The average Bonchev–Trinajstić information content (AvgIpc) is 2.47. The van der Waals surface area contributed by atoms with Crippen molar-refractivity contribution in [3.05, 3.63) is 29.3 Å². The van der Waals surface area contributed by atoms with E-state index in [0.717, 1.165) is 38.1 Å². The van der Waals surface area contributed by atoms with Gasteiger partial charge in [0.2, 0.25) is 0 Å². The maximum atomic E-state index is 12.4. The van der Waals surface area contributed by atoms with Gasteiger partial charge in [-0.3, -0.25) is 4.79 Å². The highest BCUT2D eigenvalue weighted by molar-refractivity contribution is 5.88. The summed E-state index contributed by atoms with van der Waals surface area (Å²) < 4.78 is 5.37. The first-order chi connectivity index (χ1) is 9.53. The summed E-state index contributed by atoms with van der Waals surface area (Å²) in [5, 5.41) is 0. The molecule has 1 fully saturated rings.